The molecule has 0 atom stereocenters. The smallest absolute Gasteiger partial charge is 0.180 e. The monoisotopic (exact) mass is 413 g/mol. The van der Waals surface area contributed by atoms with Crippen molar-refractivity contribution in [1.29, 1.82) is 0 Å². The summed E-state index contributed by atoms with van der Waals surface area (Å²) in [7, 11) is 1.81. The van der Waals surface area contributed by atoms with Gasteiger partial charge in [0.2, 0.25) is 0 Å². The van der Waals surface area contributed by atoms with E-state index in [-0.39, 0.29) is 6.61 Å². The van der Waals surface area contributed by atoms with Crippen LogP contribution in [0.15, 0.2) is 35.1 Å². The standard InChI is InChI=1S/C16H14BrCl2N3O/c1-9-15(17)22-7-3-4-13(16(22)21-9)23-8-10-11(18)5-6-12(20-2)14(10)19/h3-7,20H,8H2,1-2H3. The predicted molar refractivity (Wildman–Crippen MR) is 98.0 cm³/mol. The summed E-state index contributed by atoms with van der Waals surface area (Å²) in [5, 5.41) is 4.17. The lowest BCUT2D eigenvalue weighted by atomic mass is 10.2. The van der Waals surface area contributed by atoms with Crippen LogP contribution in [-0.4, -0.2) is 16.4 Å². The van der Waals surface area contributed by atoms with Crippen LogP contribution in [0.5, 0.6) is 5.75 Å². The molecular formula is C16H14BrCl2N3O. The molecule has 0 aliphatic heterocycles. The third kappa shape index (κ3) is 3.01. The van der Waals surface area contributed by atoms with E-state index in [4.69, 9.17) is 27.9 Å². The Morgan fingerprint density at radius 3 is 2.83 bits per heavy atom. The Bertz CT molecular complexity index is 879. The molecule has 0 unspecified atom stereocenters. The number of fused-ring (bicyclic) bond motifs is 1. The van der Waals surface area contributed by atoms with E-state index in [0.717, 1.165) is 27.2 Å². The molecule has 0 aliphatic carbocycles. The lowest BCUT2D eigenvalue weighted by Crippen LogP contribution is -2.01. The van der Waals surface area contributed by atoms with Gasteiger partial charge in [0.25, 0.3) is 0 Å². The molecule has 2 aromatic heterocycles. The molecule has 3 aromatic rings. The van der Waals surface area contributed by atoms with E-state index in [1.54, 1.807) is 6.07 Å². The first kappa shape index (κ1) is 16.4. The summed E-state index contributed by atoms with van der Waals surface area (Å²) in [5.74, 6) is 0.670. The average Bonchev–Trinajstić information content (AvgIpc) is 2.83. The number of anilines is 1. The molecule has 0 bridgehead atoms. The molecule has 3 rings (SSSR count). The number of benzene rings is 1. The number of rotatable bonds is 4. The van der Waals surface area contributed by atoms with Crippen LogP contribution < -0.4 is 10.1 Å². The number of nitrogens with zero attached hydrogens (tertiary/aromatic N) is 2. The normalized spacial score (nSPS) is 11.0. The van der Waals surface area contributed by atoms with E-state index in [1.807, 2.05) is 42.8 Å². The van der Waals surface area contributed by atoms with Gasteiger partial charge < -0.3 is 10.1 Å². The topological polar surface area (TPSA) is 38.6 Å². The van der Waals surface area contributed by atoms with Crippen LogP contribution in [0, 0.1) is 6.92 Å². The van der Waals surface area contributed by atoms with Gasteiger partial charge in [-0.15, -0.1) is 0 Å². The van der Waals surface area contributed by atoms with Crippen molar-refractivity contribution in [2.45, 2.75) is 13.5 Å². The van der Waals surface area contributed by atoms with Crippen molar-refractivity contribution >= 4 is 50.5 Å². The summed E-state index contributed by atoms with van der Waals surface area (Å²) in [6.45, 7) is 2.20. The van der Waals surface area contributed by atoms with Gasteiger partial charge in [0.1, 0.15) is 11.2 Å². The Morgan fingerprint density at radius 1 is 1.30 bits per heavy atom. The fraction of sp³-hybridized carbons (Fsp3) is 0.188. The summed E-state index contributed by atoms with van der Waals surface area (Å²) in [6.07, 6.45) is 1.92. The molecule has 1 N–H and O–H groups in total. The molecule has 120 valence electrons. The largest absolute Gasteiger partial charge is 0.485 e. The van der Waals surface area contributed by atoms with Crippen LogP contribution in [0.1, 0.15) is 11.3 Å². The van der Waals surface area contributed by atoms with Crippen molar-refractivity contribution in [3.8, 4) is 5.75 Å². The number of hydrogen-bond acceptors (Lipinski definition) is 3. The molecule has 0 saturated heterocycles. The summed E-state index contributed by atoms with van der Waals surface area (Å²) in [5.41, 5.74) is 3.19. The Morgan fingerprint density at radius 2 is 2.09 bits per heavy atom. The van der Waals surface area contributed by atoms with Gasteiger partial charge in [0.05, 0.1) is 16.4 Å². The van der Waals surface area contributed by atoms with E-state index in [2.05, 4.69) is 26.2 Å². The molecule has 0 amide bonds. The average molecular weight is 415 g/mol. The van der Waals surface area contributed by atoms with Crippen molar-refractivity contribution in [2.24, 2.45) is 0 Å². The molecule has 1 aromatic carbocycles. The lowest BCUT2D eigenvalue weighted by molar-refractivity contribution is 0.308. The fourth-order valence-electron chi connectivity index (χ4n) is 2.31. The molecule has 0 radical (unpaired) electrons. The second-order valence-corrected chi connectivity index (χ2v) is 6.52. The van der Waals surface area contributed by atoms with Crippen molar-refractivity contribution in [2.75, 3.05) is 12.4 Å². The minimum absolute atomic E-state index is 0.260. The molecule has 0 spiro atoms. The highest BCUT2D eigenvalue weighted by molar-refractivity contribution is 9.10. The predicted octanol–water partition coefficient (Wildman–Crippen LogP) is 5.33. The summed E-state index contributed by atoms with van der Waals surface area (Å²) in [6, 6.07) is 7.41. The van der Waals surface area contributed by atoms with E-state index >= 15 is 0 Å². The van der Waals surface area contributed by atoms with Crippen molar-refractivity contribution in [3.05, 3.63) is 56.4 Å². The highest BCUT2D eigenvalue weighted by Gasteiger charge is 2.14. The highest BCUT2D eigenvalue weighted by Crippen LogP contribution is 2.33. The fourth-order valence-corrected chi connectivity index (χ4v) is 3.26. The maximum absolute atomic E-state index is 6.37. The molecular weight excluding hydrogens is 401 g/mol. The van der Waals surface area contributed by atoms with Gasteiger partial charge in [-0.1, -0.05) is 23.2 Å². The zero-order valence-corrected chi connectivity index (χ0v) is 15.6. The van der Waals surface area contributed by atoms with Gasteiger partial charge in [-0.25, -0.2) is 4.98 Å². The van der Waals surface area contributed by atoms with Crippen LogP contribution in [0.2, 0.25) is 10.0 Å². The SMILES string of the molecule is CNc1ccc(Cl)c(COc2cccn3c(Br)c(C)nc23)c1Cl. The van der Waals surface area contributed by atoms with E-state index in [9.17, 15) is 0 Å². The van der Waals surface area contributed by atoms with Crippen molar-refractivity contribution in [1.82, 2.24) is 9.38 Å². The van der Waals surface area contributed by atoms with Gasteiger partial charge >= 0.3 is 0 Å². The van der Waals surface area contributed by atoms with Gasteiger partial charge in [-0.2, -0.15) is 0 Å². The van der Waals surface area contributed by atoms with Crippen LogP contribution in [0.4, 0.5) is 5.69 Å². The zero-order chi connectivity index (χ0) is 16.6. The molecule has 2 heterocycles. The number of halogens is 3. The van der Waals surface area contributed by atoms with Crippen molar-refractivity contribution < 1.29 is 4.74 Å². The molecule has 0 saturated carbocycles. The number of pyridine rings is 1. The Balaban J connectivity index is 1.94. The van der Waals surface area contributed by atoms with Gasteiger partial charge in [-0.05, 0) is 47.1 Å². The summed E-state index contributed by atoms with van der Waals surface area (Å²) < 4.78 is 8.77. The minimum Gasteiger partial charge on any atom is -0.485 e. The summed E-state index contributed by atoms with van der Waals surface area (Å²) in [4.78, 5) is 4.52. The minimum atomic E-state index is 0.260. The zero-order valence-electron chi connectivity index (χ0n) is 12.5. The third-order valence-corrected chi connectivity index (χ3v) is 5.28. The number of hydrogen-bond donors (Lipinski definition) is 1. The molecule has 7 heteroatoms. The molecule has 23 heavy (non-hydrogen) atoms. The van der Waals surface area contributed by atoms with Crippen LogP contribution >= 0.6 is 39.1 Å². The van der Waals surface area contributed by atoms with Gasteiger partial charge in [0.15, 0.2) is 11.4 Å². The quantitative estimate of drug-likeness (QED) is 0.626. The third-order valence-electron chi connectivity index (χ3n) is 3.54. The number of nitrogens with one attached hydrogen (secondary N) is 1. The van der Waals surface area contributed by atoms with E-state index in [0.29, 0.717) is 15.8 Å². The Hall–Kier alpha value is -1.43. The van der Waals surface area contributed by atoms with Gasteiger partial charge in [-0.3, -0.25) is 4.40 Å². The van der Waals surface area contributed by atoms with Crippen LogP contribution in [-0.2, 0) is 6.61 Å². The number of aromatic nitrogens is 2. The van der Waals surface area contributed by atoms with Gasteiger partial charge in [0, 0.05) is 23.8 Å². The molecule has 0 fully saturated rings. The first-order valence-electron chi connectivity index (χ1n) is 6.93. The highest BCUT2D eigenvalue weighted by atomic mass is 79.9. The van der Waals surface area contributed by atoms with E-state index in [1.165, 1.54) is 0 Å². The van der Waals surface area contributed by atoms with Crippen molar-refractivity contribution in [3.63, 3.8) is 0 Å². The first-order chi connectivity index (χ1) is 11.0. The summed E-state index contributed by atoms with van der Waals surface area (Å²) >= 11 is 16.1. The maximum atomic E-state index is 6.37. The number of imidazole rings is 1. The van der Waals surface area contributed by atoms with E-state index < -0.39 is 0 Å². The molecule has 0 aliphatic rings. The number of aryl methyl sites for hydroxylation is 1. The maximum Gasteiger partial charge on any atom is 0.180 e. The lowest BCUT2D eigenvalue weighted by Gasteiger charge is -2.13. The first-order valence-corrected chi connectivity index (χ1v) is 8.48. The Kier molecular flexibility index (Phi) is 4.71. The number of ether oxygens (including phenoxy) is 1. The Labute approximate surface area is 152 Å². The second kappa shape index (κ2) is 6.59. The molecule has 4 nitrogen and oxygen atoms in total. The second-order valence-electron chi connectivity index (χ2n) is 4.98. The van der Waals surface area contributed by atoms with Crippen LogP contribution in [0.3, 0.4) is 0 Å². The van der Waals surface area contributed by atoms with Crippen LogP contribution in [0.25, 0.3) is 5.65 Å².